The summed E-state index contributed by atoms with van der Waals surface area (Å²) in [6, 6.07) is 10.2. The summed E-state index contributed by atoms with van der Waals surface area (Å²) >= 11 is 0. The van der Waals surface area contributed by atoms with Gasteiger partial charge in [0.25, 0.3) is 0 Å². The molecule has 0 atom stereocenters. The highest BCUT2D eigenvalue weighted by molar-refractivity contribution is 5.68. The van der Waals surface area contributed by atoms with Crippen molar-refractivity contribution in [2.24, 2.45) is 7.05 Å². The fourth-order valence-electron chi connectivity index (χ4n) is 2.41. The van der Waals surface area contributed by atoms with Crippen LogP contribution in [0.3, 0.4) is 0 Å². The van der Waals surface area contributed by atoms with Gasteiger partial charge in [-0.1, -0.05) is 24.3 Å². The average molecular weight is 243 g/mol. The molecule has 4 heteroatoms. The SMILES string of the molecule is COC1(c2ccccc2-c2cc(N)n(C)n2)CC1. The molecule has 1 fully saturated rings. The third-order valence-electron chi connectivity index (χ3n) is 3.70. The lowest BCUT2D eigenvalue weighted by molar-refractivity contribution is 0.0794. The molecule has 1 aromatic heterocycles. The van der Waals surface area contributed by atoms with E-state index in [1.165, 1.54) is 5.56 Å². The molecular formula is C14H17N3O. The van der Waals surface area contributed by atoms with E-state index in [0.29, 0.717) is 5.82 Å². The minimum atomic E-state index is -0.108. The molecule has 0 spiro atoms. The molecule has 1 aliphatic carbocycles. The maximum atomic E-state index is 5.85. The average Bonchev–Trinajstić information content (AvgIpc) is 3.12. The normalized spacial score (nSPS) is 16.8. The highest BCUT2D eigenvalue weighted by atomic mass is 16.5. The third kappa shape index (κ3) is 1.61. The Hall–Kier alpha value is -1.81. The van der Waals surface area contributed by atoms with Crippen molar-refractivity contribution in [3.63, 3.8) is 0 Å². The molecule has 2 N–H and O–H groups in total. The van der Waals surface area contributed by atoms with Crippen LogP contribution in [0.15, 0.2) is 30.3 Å². The van der Waals surface area contributed by atoms with Gasteiger partial charge in [-0.3, -0.25) is 4.68 Å². The van der Waals surface area contributed by atoms with Crippen LogP contribution in [0.25, 0.3) is 11.3 Å². The Morgan fingerprint density at radius 2 is 2.06 bits per heavy atom. The first-order chi connectivity index (χ1) is 8.66. The lowest BCUT2D eigenvalue weighted by atomic mass is 9.98. The summed E-state index contributed by atoms with van der Waals surface area (Å²) < 4.78 is 7.36. The zero-order valence-electron chi connectivity index (χ0n) is 10.7. The van der Waals surface area contributed by atoms with Gasteiger partial charge in [0.2, 0.25) is 0 Å². The first-order valence-electron chi connectivity index (χ1n) is 6.11. The van der Waals surface area contributed by atoms with Crippen molar-refractivity contribution < 1.29 is 4.74 Å². The van der Waals surface area contributed by atoms with Crippen molar-refractivity contribution >= 4 is 5.82 Å². The largest absolute Gasteiger partial charge is 0.384 e. The van der Waals surface area contributed by atoms with Gasteiger partial charge in [0.15, 0.2) is 0 Å². The van der Waals surface area contributed by atoms with Crippen LogP contribution in [0.4, 0.5) is 5.82 Å². The molecule has 1 aliphatic rings. The molecule has 0 amide bonds. The molecule has 0 aliphatic heterocycles. The Balaban J connectivity index is 2.12. The van der Waals surface area contributed by atoms with Crippen LogP contribution in [0, 0.1) is 0 Å². The molecule has 94 valence electrons. The predicted octanol–water partition coefficient (Wildman–Crippen LogP) is 2.30. The van der Waals surface area contributed by atoms with E-state index in [1.54, 1.807) is 11.8 Å². The maximum Gasteiger partial charge on any atom is 0.121 e. The highest BCUT2D eigenvalue weighted by Crippen LogP contribution is 2.51. The van der Waals surface area contributed by atoms with E-state index in [-0.39, 0.29) is 5.60 Å². The summed E-state index contributed by atoms with van der Waals surface area (Å²) in [6.45, 7) is 0. The van der Waals surface area contributed by atoms with Crippen molar-refractivity contribution in [2.45, 2.75) is 18.4 Å². The number of methoxy groups -OCH3 is 1. The van der Waals surface area contributed by atoms with E-state index >= 15 is 0 Å². The number of aromatic nitrogens is 2. The van der Waals surface area contributed by atoms with E-state index in [1.807, 2.05) is 25.2 Å². The van der Waals surface area contributed by atoms with Crippen LogP contribution in [0.2, 0.25) is 0 Å². The molecule has 2 aromatic rings. The fourth-order valence-corrected chi connectivity index (χ4v) is 2.41. The first kappa shape index (κ1) is 11.3. The quantitative estimate of drug-likeness (QED) is 0.900. The lowest BCUT2D eigenvalue weighted by Crippen LogP contribution is -2.10. The molecule has 0 radical (unpaired) electrons. The van der Waals surface area contributed by atoms with Crippen molar-refractivity contribution in [1.29, 1.82) is 0 Å². The van der Waals surface area contributed by atoms with Crippen molar-refractivity contribution in [1.82, 2.24) is 9.78 Å². The number of rotatable bonds is 3. The number of ether oxygens (including phenoxy) is 1. The van der Waals surface area contributed by atoms with Crippen LogP contribution in [-0.2, 0) is 17.4 Å². The number of hydrogen-bond acceptors (Lipinski definition) is 3. The van der Waals surface area contributed by atoms with E-state index in [4.69, 9.17) is 10.5 Å². The second-order valence-corrected chi connectivity index (χ2v) is 4.82. The van der Waals surface area contributed by atoms with Gasteiger partial charge in [0.05, 0.1) is 11.3 Å². The second-order valence-electron chi connectivity index (χ2n) is 4.82. The number of nitrogens with two attached hydrogens (primary N) is 1. The molecule has 1 aromatic carbocycles. The molecule has 3 rings (SSSR count). The van der Waals surface area contributed by atoms with E-state index in [2.05, 4.69) is 17.2 Å². The third-order valence-corrected chi connectivity index (χ3v) is 3.70. The minimum absolute atomic E-state index is 0.108. The molecule has 1 saturated carbocycles. The fraction of sp³-hybridized carbons (Fsp3) is 0.357. The first-order valence-corrected chi connectivity index (χ1v) is 6.11. The highest BCUT2D eigenvalue weighted by Gasteiger charge is 2.46. The molecule has 18 heavy (non-hydrogen) atoms. The molecule has 0 bridgehead atoms. The molecule has 4 nitrogen and oxygen atoms in total. The van der Waals surface area contributed by atoms with Gasteiger partial charge in [-0.05, 0) is 18.4 Å². The van der Waals surface area contributed by atoms with Gasteiger partial charge in [-0.25, -0.2) is 0 Å². The summed E-state index contributed by atoms with van der Waals surface area (Å²) in [5.74, 6) is 0.669. The summed E-state index contributed by atoms with van der Waals surface area (Å²) in [5, 5.41) is 4.45. The van der Waals surface area contributed by atoms with Gasteiger partial charge in [0, 0.05) is 25.8 Å². The molecule has 0 unspecified atom stereocenters. The van der Waals surface area contributed by atoms with Gasteiger partial charge in [0.1, 0.15) is 5.82 Å². The van der Waals surface area contributed by atoms with Crippen LogP contribution < -0.4 is 5.73 Å². The maximum absolute atomic E-state index is 5.85. The summed E-state index contributed by atoms with van der Waals surface area (Å²) in [5.41, 5.74) is 8.99. The minimum Gasteiger partial charge on any atom is -0.384 e. The zero-order chi connectivity index (χ0) is 12.8. The van der Waals surface area contributed by atoms with Crippen LogP contribution in [0.5, 0.6) is 0 Å². The summed E-state index contributed by atoms with van der Waals surface area (Å²) in [4.78, 5) is 0. The number of benzene rings is 1. The van der Waals surface area contributed by atoms with Crippen molar-refractivity contribution in [2.75, 3.05) is 12.8 Å². The van der Waals surface area contributed by atoms with Gasteiger partial charge in [-0.2, -0.15) is 5.10 Å². The van der Waals surface area contributed by atoms with E-state index in [9.17, 15) is 0 Å². The van der Waals surface area contributed by atoms with Gasteiger partial charge < -0.3 is 10.5 Å². The van der Waals surface area contributed by atoms with Crippen LogP contribution in [-0.4, -0.2) is 16.9 Å². The van der Waals surface area contributed by atoms with Crippen molar-refractivity contribution in [3.8, 4) is 11.3 Å². The lowest BCUT2D eigenvalue weighted by Gasteiger charge is -2.17. The molecule has 0 saturated heterocycles. The van der Waals surface area contributed by atoms with Gasteiger partial charge >= 0.3 is 0 Å². The monoisotopic (exact) mass is 243 g/mol. The Kier molecular flexibility index (Phi) is 2.41. The molecule has 1 heterocycles. The predicted molar refractivity (Wildman–Crippen MR) is 71.0 cm³/mol. The Labute approximate surface area is 106 Å². The van der Waals surface area contributed by atoms with Crippen molar-refractivity contribution in [3.05, 3.63) is 35.9 Å². The standard InChI is InChI=1S/C14H17N3O/c1-17-13(15)9-12(16-17)10-5-3-4-6-11(10)14(18-2)7-8-14/h3-6,9H,7-8,15H2,1-2H3. The summed E-state index contributed by atoms with van der Waals surface area (Å²) in [6.07, 6.45) is 2.14. The van der Waals surface area contributed by atoms with E-state index < -0.39 is 0 Å². The Morgan fingerprint density at radius 1 is 1.33 bits per heavy atom. The number of hydrogen-bond donors (Lipinski definition) is 1. The van der Waals surface area contributed by atoms with Gasteiger partial charge in [-0.15, -0.1) is 0 Å². The van der Waals surface area contributed by atoms with E-state index in [0.717, 1.165) is 24.1 Å². The Bertz CT molecular complexity index is 565. The topological polar surface area (TPSA) is 53.1 Å². The summed E-state index contributed by atoms with van der Waals surface area (Å²) in [7, 11) is 3.63. The number of nitrogen functional groups attached to an aromatic ring is 1. The smallest absolute Gasteiger partial charge is 0.121 e. The Morgan fingerprint density at radius 3 is 2.61 bits per heavy atom. The van der Waals surface area contributed by atoms with Crippen LogP contribution in [0.1, 0.15) is 18.4 Å². The molecular weight excluding hydrogens is 226 g/mol. The number of aryl methyl sites for hydroxylation is 1. The zero-order valence-corrected chi connectivity index (χ0v) is 10.7. The second kappa shape index (κ2) is 3.85. The number of nitrogens with zero attached hydrogens (tertiary/aromatic N) is 2. The number of anilines is 1. The van der Waals surface area contributed by atoms with Crippen LogP contribution >= 0.6 is 0 Å².